The quantitative estimate of drug-likeness (QED) is 0.426. The lowest BCUT2D eigenvalue weighted by atomic mass is 10.1. The molecule has 0 saturated carbocycles. The lowest BCUT2D eigenvalue weighted by Gasteiger charge is -2.26. The summed E-state index contributed by atoms with van der Waals surface area (Å²) >= 11 is 3.45. The summed E-state index contributed by atoms with van der Waals surface area (Å²) in [6, 6.07) is 9.08. The zero-order valence-electron chi connectivity index (χ0n) is 17.0. The van der Waals surface area contributed by atoms with Crippen LogP contribution >= 0.6 is 15.9 Å². The Labute approximate surface area is 190 Å². The van der Waals surface area contributed by atoms with Gasteiger partial charge in [-0.05, 0) is 37.6 Å². The van der Waals surface area contributed by atoms with E-state index in [4.69, 9.17) is 14.3 Å². The molecular weight excluding hydrogens is 491 g/mol. The maximum Gasteiger partial charge on any atom is 0.404 e. The van der Waals surface area contributed by atoms with E-state index >= 15 is 0 Å². The molecule has 2 heterocycles. The first-order valence-electron chi connectivity index (χ1n) is 10.1. The maximum atomic E-state index is 13.4. The van der Waals surface area contributed by atoms with E-state index in [0.717, 1.165) is 15.4 Å². The van der Waals surface area contributed by atoms with Gasteiger partial charge in [0.05, 0.1) is 12.7 Å². The third-order valence-corrected chi connectivity index (χ3v) is 6.07. The van der Waals surface area contributed by atoms with Crippen molar-refractivity contribution in [3.8, 4) is 5.75 Å². The molecule has 0 spiro atoms. The zero-order valence-corrected chi connectivity index (χ0v) is 18.6. The smallest absolute Gasteiger partial charge is 0.404 e. The second-order valence-electron chi connectivity index (χ2n) is 7.84. The van der Waals surface area contributed by atoms with Gasteiger partial charge in [0.2, 0.25) is 0 Å². The van der Waals surface area contributed by atoms with Crippen LogP contribution in [-0.4, -0.2) is 34.7 Å². The van der Waals surface area contributed by atoms with Gasteiger partial charge in [0, 0.05) is 33.1 Å². The highest BCUT2D eigenvalue weighted by Crippen LogP contribution is 2.36. The van der Waals surface area contributed by atoms with Crippen molar-refractivity contribution in [2.45, 2.75) is 44.6 Å². The number of halogens is 4. The Bertz CT molecular complexity index is 1130. The highest BCUT2D eigenvalue weighted by Gasteiger charge is 2.45. The molecular formula is C23H21BrF3NO4. The molecule has 32 heavy (non-hydrogen) atoms. The molecule has 1 atom stereocenters. The summed E-state index contributed by atoms with van der Waals surface area (Å²) in [7, 11) is 0. The molecule has 0 amide bonds. The molecule has 1 N–H and O–H groups in total. The number of aliphatic carboxylic acids is 1. The molecule has 0 bridgehead atoms. The Kier molecular flexibility index (Phi) is 6.48. The molecule has 1 aliphatic heterocycles. The molecule has 1 saturated heterocycles. The summed E-state index contributed by atoms with van der Waals surface area (Å²) in [5, 5.41) is 9.83. The van der Waals surface area contributed by atoms with E-state index in [1.54, 1.807) is 30.3 Å². The summed E-state index contributed by atoms with van der Waals surface area (Å²) in [5.74, 6) is -0.494. The Balaban J connectivity index is 1.57. The molecule has 9 heteroatoms. The maximum absolute atomic E-state index is 13.4. The van der Waals surface area contributed by atoms with Crippen LogP contribution in [0, 0.1) is 0 Å². The van der Waals surface area contributed by atoms with Crippen molar-refractivity contribution in [3.63, 3.8) is 0 Å². The summed E-state index contributed by atoms with van der Waals surface area (Å²) in [5.41, 5.74) is 2.48. The van der Waals surface area contributed by atoms with Gasteiger partial charge in [-0.2, -0.15) is 13.2 Å². The largest absolute Gasteiger partial charge is 0.488 e. The Morgan fingerprint density at radius 3 is 2.75 bits per heavy atom. The lowest BCUT2D eigenvalue weighted by molar-refractivity contribution is -0.177. The number of para-hydroxylation sites is 1. The van der Waals surface area contributed by atoms with Gasteiger partial charge in [-0.15, -0.1) is 0 Å². The first-order valence-corrected chi connectivity index (χ1v) is 10.9. The number of alkyl halides is 3. The van der Waals surface area contributed by atoms with Gasteiger partial charge in [-0.25, -0.2) is 0 Å². The monoisotopic (exact) mass is 511 g/mol. The number of fused-ring (bicyclic) bond motifs is 1. The van der Waals surface area contributed by atoms with Crippen LogP contribution in [0.3, 0.4) is 0 Å². The highest BCUT2D eigenvalue weighted by molar-refractivity contribution is 9.10. The number of hydrogen-bond donors (Lipinski definition) is 1. The van der Waals surface area contributed by atoms with Crippen molar-refractivity contribution in [3.05, 3.63) is 63.8 Å². The predicted molar refractivity (Wildman–Crippen MR) is 116 cm³/mol. The highest BCUT2D eigenvalue weighted by atomic mass is 79.9. The van der Waals surface area contributed by atoms with Gasteiger partial charge < -0.3 is 14.3 Å². The Hall–Kier alpha value is -2.52. The fourth-order valence-electron chi connectivity index (χ4n) is 4.16. The van der Waals surface area contributed by atoms with Crippen molar-refractivity contribution in [1.29, 1.82) is 0 Å². The molecule has 5 nitrogen and oxygen atoms in total. The molecule has 1 fully saturated rings. The summed E-state index contributed by atoms with van der Waals surface area (Å²) in [6.07, 6.45) is -2.27. The minimum absolute atomic E-state index is 0.105. The van der Waals surface area contributed by atoms with Crippen molar-refractivity contribution in [1.82, 2.24) is 4.90 Å². The average Bonchev–Trinajstić information content (AvgIpc) is 3.34. The van der Waals surface area contributed by atoms with E-state index in [0.29, 0.717) is 35.4 Å². The van der Waals surface area contributed by atoms with Crippen molar-refractivity contribution >= 4 is 32.9 Å². The summed E-state index contributed by atoms with van der Waals surface area (Å²) in [6.45, 7) is 0.652. The normalized spacial score (nSPS) is 17.2. The van der Waals surface area contributed by atoms with Crippen molar-refractivity contribution < 1.29 is 32.2 Å². The van der Waals surface area contributed by atoms with E-state index in [1.807, 2.05) is 6.07 Å². The Morgan fingerprint density at radius 1 is 1.22 bits per heavy atom. The van der Waals surface area contributed by atoms with E-state index < -0.39 is 18.2 Å². The fraction of sp³-hybridized carbons (Fsp3) is 0.348. The molecule has 1 aromatic heterocycles. The number of likely N-dealkylation sites (tertiary alicyclic amines) is 1. The van der Waals surface area contributed by atoms with Crippen LogP contribution in [0.1, 0.15) is 29.5 Å². The molecule has 2 aromatic carbocycles. The van der Waals surface area contributed by atoms with Gasteiger partial charge in [0.25, 0.3) is 0 Å². The SMILES string of the molecule is O=C(O)Cc1ccccc1OCc1coc2c(CN3CCC[C@H]3C(F)(F)F)cc(Br)cc12. The van der Waals surface area contributed by atoms with Crippen LogP contribution in [0.25, 0.3) is 11.0 Å². The number of carbonyl (C=O) groups is 1. The molecule has 1 aliphatic rings. The van der Waals surface area contributed by atoms with Crippen LogP contribution < -0.4 is 4.74 Å². The molecule has 4 rings (SSSR count). The summed E-state index contributed by atoms with van der Waals surface area (Å²) < 4.78 is 52.4. The average molecular weight is 512 g/mol. The third kappa shape index (κ3) is 4.94. The number of benzene rings is 2. The molecule has 0 radical (unpaired) electrons. The number of rotatable bonds is 7. The van der Waals surface area contributed by atoms with Crippen molar-refractivity contribution in [2.24, 2.45) is 0 Å². The van der Waals surface area contributed by atoms with Crippen LogP contribution in [0.4, 0.5) is 13.2 Å². The first-order chi connectivity index (χ1) is 15.2. The third-order valence-electron chi connectivity index (χ3n) is 5.61. The van der Waals surface area contributed by atoms with E-state index in [-0.39, 0.29) is 26.0 Å². The number of furan rings is 1. The minimum atomic E-state index is -4.26. The van der Waals surface area contributed by atoms with Gasteiger partial charge in [-0.1, -0.05) is 34.1 Å². The van der Waals surface area contributed by atoms with Crippen molar-refractivity contribution in [2.75, 3.05) is 6.54 Å². The van der Waals surface area contributed by atoms with Crippen LogP contribution in [0.5, 0.6) is 5.75 Å². The number of nitrogens with zero attached hydrogens (tertiary/aromatic N) is 1. The van der Waals surface area contributed by atoms with E-state index in [9.17, 15) is 18.0 Å². The number of ether oxygens (including phenoxy) is 1. The topological polar surface area (TPSA) is 62.9 Å². The standard InChI is InChI=1S/C23H21BrF3NO4/c24-17-8-15(11-28-7-3-6-20(28)23(25,26)27)22-18(10-17)16(13-32-22)12-31-19-5-2-1-4-14(19)9-21(29)30/h1-2,4-5,8,10,13,20H,3,6-7,9,11-12H2,(H,29,30)/t20-/m0/s1. The van der Waals surface area contributed by atoms with E-state index in [1.165, 1.54) is 11.2 Å². The van der Waals surface area contributed by atoms with Crippen LogP contribution in [0.15, 0.2) is 51.6 Å². The number of carboxylic acid groups (broad SMARTS) is 1. The molecule has 0 unspecified atom stereocenters. The van der Waals surface area contributed by atoms with E-state index in [2.05, 4.69) is 15.9 Å². The van der Waals surface area contributed by atoms with Crippen LogP contribution in [-0.2, 0) is 24.4 Å². The molecule has 3 aromatic rings. The zero-order chi connectivity index (χ0) is 22.9. The second kappa shape index (κ2) is 9.15. The van der Waals surface area contributed by atoms with Gasteiger partial charge in [0.1, 0.15) is 24.0 Å². The molecule has 0 aliphatic carbocycles. The Morgan fingerprint density at radius 2 is 2.00 bits per heavy atom. The first kappa shape index (κ1) is 22.7. The van der Waals surface area contributed by atoms with Crippen LogP contribution in [0.2, 0.25) is 0 Å². The second-order valence-corrected chi connectivity index (χ2v) is 8.76. The number of carboxylic acids is 1. The molecule has 170 valence electrons. The summed E-state index contributed by atoms with van der Waals surface area (Å²) in [4.78, 5) is 12.5. The van der Waals surface area contributed by atoms with Gasteiger partial charge in [-0.3, -0.25) is 9.69 Å². The lowest BCUT2D eigenvalue weighted by Crippen LogP contribution is -2.40. The number of hydrogen-bond acceptors (Lipinski definition) is 4. The van der Waals surface area contributed by atoms with Gasteiger partial charge in [0.15, 0.2) is 0 Å². The predicted octanol–water partition coefficient (Wildman–Crippen LogP) is 5.93. The minimum Gasteiger partial charge on any atom is -0.488 e. The van der Waals surface area contributed by atoms with Gasteiger partial charge >= 0.3 is 12.1 Å². The fourth-order valence-corrected chi connectivity index (χ4v) is 4.67.